The third-order valence-corrected chi connectivity index (χ3v) is 6.47. The summed E-state index contributed by atoms with van der Waals surface area (Å²) in [7, 11) is 3.41. The molecule has 3 atom stereocenters. The van der Waals surface area contributed by atoms with Crippen LogP contribution in [0.2, 0.25) is 0 Å². The number of hydrogen-bond donors (Lipinski definition) is 0. The van der Waals surface area contributed by atoms with E-state index in [1.54, 1.807) is 11.9 Å². The smallest absolute Gasteiger partial charge is 0.255 e. The number of aromatic nitrogens is 3. The normalized spacial score (nSPS) is 21.1. The van der Waals surface area contributed by atoms with Gasteiger partial charge in [-0.1, -0.05) is 0 Å². The highest BCUT2D eigenvalue weighted by atomic mass is 19.1. The Labute approximate surface area is 187 Å². The molecule has 3 aromatic rings. The van der Waals surface area contributed by atoms with Crippen molar-refractivity contribution < 1.29 is 18.0 Å². The minimum atomic E-state index is -0.794. The Bertz CT molecular complexity index is 1300. The molecular formula is C23H20F3N5O2. The monoisotopic (exact) mass is 455 g/mol. The van der Waals surface area contributed by atoms with Crippen molar-refractivity contribution in [2.75, 3.05) is 25.0 Å². The molecule has 0 N–H and O–H groups in total. The summed E-state index contributed by atoms with van der Waals surface area (Å²) in [5.41, 5.74) is 0.0617. The first-order valence-electron chi connectivity index (χ1n) is 10.4. The largest absolute Gasteiger partial charge is 0.342 e. The van der Waals surface area contributed by atoms with Gasteiger partial charge in [0.25, 0.3) is 11.5 Å². The summed E-state index contributed by atoms with van der Waals surface area (Å²) in [5.74, 6) is -1.92. The van der Waals surface area contributed by atoms with Gasteiger partial charge in [-0.15, -0.1) is 0 Å². The molecule has 1 amide bonds. The minimum Gasteiger partial charge on any atom is -0.342 e. The van der Waals surface area contributed by atoms with Crippen LogP contribution in [0.1, 0.15) is 10.4 Å². The topological polar surface area (TPSA) is 71.3 Å². The molecule has 2 aromatic heterocycles. The predicted octanol–water partition coefficient (Wildman–Crippen LogP) is 2.47. The van der Waals surface area contributed by atoms with Crippen LogP contribution in [0.4, 0.5) is 19.1 Å². The number of halogens is 3. The van der Waals surface area contributed by atoms with Gasteiger partial charge in [-0.05, 0) is 18.2 Å². The molecule has 1 aliphatic carbocycles. The average molecular weight is 455 g/mol. The van der Waals surface area contributed by atoms with Gasteiger partial charge in [0.15, 0.2) is 5.82 Å². The lowest BCUT2D eigenvalue weighted by atomic mass is 10.2. The standard InChI is InChI=1S/C23H20F3N5O2/c1-29-20(32)8-19(15-3-4-27-9-18(15)26)28-23(29)30(2)21-16-10-31(11-17(16)21)22(33)12-5-13(24)7-14(25)6-12/h3-9,16-17,21H,10-11H2,1-2H3/t16-,17+,21-. The highest BCUT2D eigenvalue weighted by Crippen LogP contribution is 2.49. The maximum Gasteiger partial charge on any atom is 0.255 e. The first kappa shape index (κ1) is 21.2. The third-order valence-electron chi connectivity index (χ3n) is 6.47. The van der Waals surface area contributed by atoms with Crippen LogP contribution < -0.4 is 10.5 Å². The van der Waals surface area contributed by atoms with Crippen molar-refractivity contribution in [3.63, 3.8) is 0 Å². The van der Waals surface area contributed by atoms with Gasteiger partial charge in [-0.25, -0.2) is 18.2 Å². The second kappa shape index (κ2) is 7.72. The highest BCUT2D eigenvalue weighted by Gasteiger charge is 2.59. The Morgan fingerprint density at radius 2 is 1.76 bits per heavy atom. The fourth-order valence-corrected chi connectivity index (χ4v) is 4.79. The Morgan fingerprint density at radius 3 is 2.39 bits per heavy atom. The first-order valence-corrected chi connectivity index (χ1v) is 10.4. The van der Waals surface area contributed by atoms with Crippen LogP contribution in [-0.4, -0.2) is 51.5 Å². The van der Waals surface area contributed by atoms with Gasteiger partial charge in [0.2, 0.25) is 5.95 Å². The molecular weight excluding hydrogens is 435 g/mol. The first-order chi connectivity index (χ1) is 15.7. The van der Waals surface area contributed by atoms with Gasteiger partial charge in [-0.3, -0.25) is 19.1 Å². The van der Waals surface area contributed by atoms with Crippen molar-refractivity contribution in [1.29, 1.82) is 0 Å². The number of piperidine rings is 1. The van der Waals surface area contributed by atoms with Gasteiger partial charge in [0, 0.05) is 74.5 Å². The molecule has 0 radical (unpaired) electrons. The number of carbonyl (C=O) groups excluding carboxylic acids is 1. The molecule has 10 heteroatoms. The van der Waals surface area contributed by atoms with Crippen LogP contribution in [0.3, 0.4) is 0 Å². The second-order valence-electron chi connectivity index (χ2n) is 8.49. The molecule has 1 saturated carbocycles. The Kier molecular flexibility index (Phi) is 4.95. The summed E-state index contributed by atoms with van der Waals surface area (Å²) >= 11 is 0. The van der Waals surface area contributed by atoms with Gasteiger partial charge < -0.3 is 9.80 Å². The zero-order valence-electron chi connectivity index (χ0n) is 17.9. The molecule has 170 valence electrons. The van der Waals surface area contributed by atoms with E-state index in [1.807, 2.05) is 11.9 Å². The maximum absolute atomic E-state index is 14.2. The van der Waals surface area contributed by atoms with E-state index in [1.165, 1.54) is 22.9 Å². The summed E-state index contributed by atoms with van der Waals surface area (Å²) < 4.78 is 42.6. The van der Waals surface area contributed by atoms with Crippen molar-refractivity contribution in [2.24, 2.45) is 18.9 Å². The van der Waals surface area contributed by atoms with Crippen molar-refractivity contribution in [3.05, 3.63) is 76.1 Å². The van der Waals surface area contributed by atoms with E-state index in [0.717, 1.165) is 24.4 Å². The lowest BCUT2D eigenvalue weighted by Gasteiger charge is -2.26. The predicted molar refractivity (Wildman–Crippen MR) is 114 cm³/mol. The van der Waals surface area contributed by atoms with Crippen LogP contribution >= 0.6 is 0 Å². The Hall–Kier alpha value is -3.69. The molecule has 0 unspecified atom stereocenters. The maximum atomic E-state index is 14.2. The molecule has 3 heterocycles. The number of fused-ring (bicyclic) bond motifs is 1. The van der Waals surface area contributed by atoms with Crippen molar-refractivity contribution in [2.45, 2.75) is 6.04 Å². The number of carbonyl (C=O) groups is 1. The number of anilines is 1. The number of likely N-dealkylation sites (tertiary alicyclic amines) is 1. The third kappa shape index (κ3) is 3.65. The number of amides is 1. The van der Waals surface area contributed by atoms with E-state index in [2.05, 4.69) is 9.97 Å². The number of hydrogen-bond acceptors (Lipinski definition) is 5. The molecule has 7 nitrogen and oxygen atoms in total. The minimum absolute atomic E-state index is 0.0187. The molecule has 33 heavy (non-hydrogen) atoms. The van der Waals surface area contributed by atoms with Crippen molar-refractivity contribution in [1.82, 2.24) is 19.4 Å². The van der Waals surface area contributed by atoms with E-state index in [-0.39, 0.29) is 40.3 Å². The molecule has 0 spiro atoms. The number of benzene rings is 1. The quantitative estimate of drug-likeness (QED) is 0.605. The van der Waals surface area contributed by atoms with Crippen LogP contribution in [0.15, 0.2) is 47.5 Å². The van der Waals surface area contributed by atoms with E-state index in [4.69, 9.17) is 0 Å². The highest BCUT2D eigenvalue weighted by molar-refractivity contribution is 5.94. The van der Waals surface area contributed by atoms with Gasteiger partial charge >= 0.3 is 0 Å². The number of pyridine rings is 1. The Balaban J connectivity index is 1.35. The fourth-order valence-electron chi connectivity index (χ4n) is 4.79. The van der Waals surface area contributed by atoms with E-state index in [0.29, 0.717) is 19.0 Å². The van der Waals surface area contributed by atoms with Crippen LogP contribution in [0.25, 0.3) is 11.3 Å². The SMILES string of the molecule is CN(c1nc(-c2ccncc2F)cc(=O)n1C)[C@@H]1[C@@H]2CN(C(=O)c3cc(F)cc(F)c3)C[C@@H]21. The Morgan fingerprint density at radius 1 is 1.09 bits per heavy atom. The summed E-state index contributed by atoms with van der Waals surface area (Å²) in [6, 6.07) is 5.57. The van der Waals surface area contributed by atoms with Gasteiger partial charge in [0.1, 0.15) is 11.6 Å². The molecule has 1 aliphatic heterocycles. The summed E-state index contributed by atoms with van der Waals surface area (Å²) in [6.07, 6.45) is 2.50. The molecule has 2 fully saturated rings. The van der Waals surface area contributed by atoms with E-state index < -0.39 is 23.4 Å². The molecule has 1 saturated heterocycles. The second-order valence-corrected chi connectivity index (χ2v) is 8.49. The van der Waals surface area contributed by atoms with Crippen LogP contribution in [0, 0.1) is 29.3 Å². The zero-order chi connectivity index (χ0) is 23.4. The number of rotatable bonds is 4. The average Bonchev–Trinajstić information content (AvgIpc) is 3.27. The van der Waals surface area contributed by atoms with Crippen LogP contribution in [-0.2, 0) is 7.05 Å². The van der Waals surface area contributed by atoms with Crippen LogP contribution in [0.5, 0.6) is 0 Å². The van der Waals surface area contributed by atoms with Crippen molar-refractivity contribution in [3.8, 4) is 11.3 Å². The number of nitrogens with zero attached hydrogens (tertiary/aromatic N) is 5. The molecule has 0 bridgehead atoms. The lowest BCUT2D eigenvalue weighted by Crippen LogP contribution is -2.38. The molecule has 5 rings (SSSR count). The van der Waals surface area contributed by atoms with Gasteiger partial charge in [-0.2, -0.15) is 0 Å². The zero-order valence-corrected chi connectivity index (χ0v) is 17.9. The van der Waals surface area contributed by atoms with E-state index >= 15 is 0 Å². The van der Waals surface area contributed by atoms with Gasteiger partial charge in [0.05, 0.1) is 11.9 Å². The summed E-state index contributed by atoms with van der Waals surface area (Å²) in [4.78, 5) is 36.9. The lowest BCUT2D eigenvalue weighted by molar-refractivity contribution is 0.0771. The van der Waals surface area contributed by atoms with E-state index in [9.17, 15) is 22.8 Å². The summed E-state index contributed by atoms with van der Waals surface area (Å²) in [5, 5.41) is 0. The fraction of sp³-hybridized carbons (Fsp3) is 0.304. The molecule has 1 aromatic carbocycles. The summed E-state index contributed by atoms with van der Waals surface area (Å²) in [6.45, 7) is 0.868. The molecule has 2 aliphatic rings. The van der Waals surface area contributed by atoms with Crippen molar-refractivity contribution >= 4 is 11.9 Å².